The summed E-state index contributed by atoms with van der Waals surface area (Å²) in [4.78, 5) is 0. The summed E-state index contributed by atoms with van der Waals surface area (Å²) >= 11 is 5.79. The van der Waals surface area contributed by atoms with Crippen molar-refractivity contribution in [3.05, 3.63) is 46.9 Å². The average molecular weight is 296 g/mol. The summed E-state index contributed by atoms with van der Waals surface area (Å²) in [5.74, 6) is 0.922. The van der Waals surface area contributed by atoms with Gasteiger partial charge in [0.25, 0.3) is 0 Å². The van der Waals surface area contributed by atoms with Gasteiger partial charge in [-0.25, -0.2) is 4.39 Å². The van der Waals surface area contributed by atoms with Crippen LogP contribution in [0.5, 0.6) is 0 Å². The van der Waals surface area contributed by atoms with Gasteiger partial charge in [-0.2, -0.15) is 0 Å². The zero-order chi connectivity index (χ0) is 14.5. The third kappa shape index (κ3) is 3.62. The van der Waals surface area contributed by atoms with E-state index in [0.29, 0.717) is 17.4 Å². The molecule has 0 aliphatic carbocycles. The van der Waals surface area contributed by atoms with Crippen LogP contribution in [0.15, 0.2) is 34.7 Å². The van der Waals surface area contributed by atoms with E-state index in [-0.39, 0.29) is 5.02 Å². The van der Waals surface area contributed by atoms with Crippen molar-refractivity contribution in [2.45, 2.75) is 32.7 Å². The molecule has 2 nitrogen and oxygen atoms in total. The normalized spacial score (nSPS) is 12.6. The van der Waals surface area contributed by atoms with E-state index in [1.54, 1.807) is 18.2 Å². The summed E-state index contributed by atoms with van der Waals surface area (Å²) in [7, 11) is 0. The van der Waals surface area contributed by atoms with E-state index >= 15 is 0 Å². The Morgan fingerprint density at radius 1 is 1.30 bits per heavy atom. The molecule has 0 saturated heterocycles. The van der Waals surface area contributed by atoms with Gasteiger partial charge in [-0.15, -0.1) is 0 Å². The Morgan fingerprint density at radius 3 is 2.85 bits per heavy atom. The van der Waals surface area contributed by atoms with Crippen molar-refractivity contribution >= 4 is 11.6 Å². The number of hydrogen-bond donors (Lipinski definition) is 1. The largest absolute Gasteiger partial charge is 0.461 e. The van der Waals surface area contributed by atoms with Crippen LogP contribution in [0.25, 0.3) is 11.3 Å². The van der Waals surface area contributed by atoms with Crippen LogP contribution in [0.1, 0.15) is 26.0 Å². The summed E-state index contributed by atoms with van der Waals surface area (Å²) in [6.07, 6.45) is 1.88. The van der Waals surface area contributed by atoms with Crippen molar-refractivity contribution in [1.82, 2.24) is 5.32 Å². The lowest BCUT2D eigenvalue weighted by molar-refractivity contribution is 0.462. The van der Waals surface area contributed by atoms with Crippen LogP contribution in [-0.4, -0.2) is 12.6 Å². The fraction of sp³-hybridized carbons (Fsp3) is 0.375. The molecular formula is C16H19ClFNO. The fourth-order valence-electron chi connectivity index (χ4n) is 2.09. The maximum absolute atomic E-state index is 13.9. The Balaban J connectivity index is 2.11. The van der Waals surface area contributed by atoms with Crippen molar-refractivity contribution in [3.63, 3.8) is 0 Å². The highest BCUT2D eigenvalue weighted by Gasteiger charge is 2.13. The molecule has 0 amide bonds. The zero-order valence-electron chi connectivity index (χ0n) is 11.7. The van der Waals surface area contributed by atoms with Crippen LogP contribution in [0.3, 0.4) is 0 Å². The summed E-state index contributed by atoms with van der Waals surface area (Å²) in [6, 6.07) is 8.92. The van der Waals surface area contributed by atoms with Gasteiger partial charge in [-0.3, -0.25) is 0 Å². The van der Waals surface area contributed by atoms with Crippen LogP contribution in [-0.2, 0) is 6.42 Å². The smallest absolute Gasteiger partial charge is 0.152 e. The molecule has 1 N–H and O–H groups in total. The maximum atomic E-state index is 13.9. The highest BCUT2D eigenvalue weighted by molar-refractivity contribution is 6.31. The first kappa shape index (κ1) is 15.1. The van der Waals surface area contributed by atoms with Crippen molar-refractivity contribution in [2.75, 3.05) is 6.54 Å². The van der Waals surface area contributed by atoms with Gasteiger partial charge < -0.3 is 9.73 Å². The predicted octanol–water partition coefficient (Wildman–Crippen LogP) is 4.67. The second kappa shape index (κ2) is 6.91. The minimum absolute atomic E-state index is 0.110. The number of benzene rings is 1. The van der Waals surface area contributed by atoms with Crippen molar-refractivity contribution in [1.29, 1.82) is 0 Å². The summed E-state index contributed by atoms with van der Waals surface area (Å²) in [5, 5.41) is 3.50. The molecule has 0 aliphatic heterocycles. The van der Waals surface area contributed by atoms with Crippen molar-refractivity contribution in [2.24, 2.45) is 0 Å². The number of furan rings is 1. The molecule has 0 bridgehead atoms. The molecule has 2 aromatic rings. The fourth-order valence-corrected chi connectivity index (χ4v) is 2.27. The second-order valence-electron chi connectivity index (χ2n) is 4.93. The number of hydrogen-bond acceptors (Lipinski definition) is 2. The highest BCUT2D eigenvalue weighted by Crippen LogP contribution is 2.29. The molecular weight excluding hydrogens is 277 g/mol. The molecule has 2 rings (SSSR count). The molecule has 1 unspecified atom stereocenters. The Hall–Kier alpha value is -1.32. The number of rotatable bonds is 6. The molecule has 20 heavy (non-hydrogen) atoms. The van der Waals surface area contributed by atoms with Crippen LogP contribution in [0.4, 0.5) is 4.39 Å². The van der Waals surface area contributed by atoms with Gasteiger partial charge in [0.1, 0.15) is 11.5 Å². The van der Waals surface area contributed by atoms with Gasteiger partial charge in [-0.05, 0) is 44.2 Å². The Morgan fingerprint density at radius 2 is 2.10 bits per heavy atom. The molecule has 1 aromatic carbocycles. The first-order valence-corrected chi connectivity index (χ1v) is 7.26. The minimum Gasteiger partial charge on any atom is -0.461 e. The number of nitrogens with one attached hydrogen (secondary N) is 1. The van der Waals surface area contributed by atoms with Gasteiger partial charge in [0, 0.05) is 12.5 Å². The predicted molar refractivity (Wildman–Crippen MR) is 80.6 cm³/mol. The molecule has 0 radical (unpaired) electrons. The minimum atomic E-state index is -0.438. The van der Waals surface area contributed by atoms with Gasteiger partial charge in [0.15, 0.2) is 5.82 Å². The standard InChI is InChI=1S/C16H19ClFNO/c1-3-9-19-11(2)10-12-7-8-15(20-12)13-5-4-6-14(17)16(13)18/h4-8,11,19H,3,9-10H2,1-2H3. The van der Waals surface area contributed by atoms with E-state index in [1.807, 2.05) is 6.07 Å². The topological polar surface area (TPSA) is 25.2 Å². The molecule has 1 atom stereocenters. The monoisotopic (exact) mass is 295 g/mol. The van der Waals surface area contributed by atoms with E-state index in [2.05, 4.69) is 19.2 Å². The number of halogens is 2. The molecule has 4 heteroatoms. The molecule has 108 valence electrons. The average Bonchev–Trinajstić information content (AvgIpc) is 2.88. The Labute approximate surface area is 123 Å². The van der Waals surface area contributed by atoms with Crippen LogP contribution >= 0.6 is 11.6 Å². The van der Waals surface area contributed by atoms with E-state index in [1.165, 1.54) is 6.07 Å². The van der Waals surface area contributed by atoms with E-state index in [0.717, 1.165) is 25.1 Å². The van der Waals surface area contributed by atoms with Gasteiger partial charge >= 0.3 is 0 Å². The van der Waals surface area contributed by atoms with Gasteiger partial charge in [-0.1, -0.05) is 24.6 Å². The zero-order valence-corrected chi connectivity index (χ0v) is 12.5. The molecule has 1 aromatic heterocycles. The maximum Gasteiger partial charge on any atom is 0.152 e. The quantitative estimate of drug-likeness (QED) is 0.838. The molecule has 1 heterocycles. The Kier molecular flexibility index (Phi) is 5.21. The second-order valence-corrected chi connectivity index (χ2v) is 5.33. The van der Waals surface area contributed by atoms with Gasteiger partial charge in [0.2, 0.25) is 0 Å². The Bertz CT molecular complexity index is 567. The highest BCUT2D eigenvalue weighted by atomic mass is 35.5. The third-order valence-electron chi connectivity index (χ3n) is 3.13. The lowest BCUT2D eigenvalue weighted by Crippen LogP contribution is -2.28. The van der Waals surface area contributed by atoms with E-state index in [9.17, 15) is 4.39 Å². The molecule has 0 aliphatic rings. The summed E-state index contributed by atoms with van der Waals surface area (Å²) in [5.41, 5.74) is 0.401. The lowest BCUT2D eigenvalue weighted by Gasteiger charge is -2.11. The summed E-state index contributed by atoms with van der Waals surface area (Å²) in [6.45, 7) is 5.22. The van der Waals surface area contributed by atoms with Crippen molar-refractivity contribution < 1.29 is 8.81 Å². The van der Waals surface area contributed by atoms with Crippen LogP contribution in [0, 0.1) is 5.82 Å². The van der Waals surface area contributed by atoms with Crippen molar-refractivity contribution in [3.8, 4) is 11.3 Å². The SMILES string of the molecule is CCCNC(C)Cc1ccc(-c2cccc(Cl)c2F)o1. The van der Waals surface area contributed by atoms with Crippen LogP contribution in [0.2, 0.25) is 5.02 Å². The lowest BCUT2D eigenvalue weighted by atomic mass is 10.1. The molecule has 0 spiro atoms. The van der Waals surface area contributed by atoms with E-state index < -0.39 is 5.82 Å². The molecule has 0 saturated carbocycles. The summed E-state index contributed by atoms with van der Waals surface area (Å²) < 4.78 is 19.6. The van der Waals surface area contributed by atoms with Crippen LogP contribution < -0.4 is 5.32 Å². The first-order valence-electron chi connectivity index (χ1n) is 6.88. The van der Waals surface area contributed by atoms with Gasteiger partial charge in [0.05, 0.1) is 10.6 Å². The molecule has 0 fully saturated rings. The third-order valence-corrected chi connectivity index (χ3v) is 3.42. The first-order chi connectivity index (χ1) is 9.61. The van der Waals surface area contributed by atoms with E-state index in [4.69, 9.17) is 16.0 Å².